The summed E-state index contributed by atoms with van der Waals surface area (Å²) in [5, 5.41) is 14.9. The van der Waals surface area contributed by atoms with E-state index in [9.17, 15) is 9.59 Å². The summed E-state index contributed by atoms with van der Waals surface area (Å²) in [7, 11) is 1.81. The Morgan fingerprint density at radius 1 is 1.26 bits per heavy atom. The summed E-state index contributed by atoms with van der Waals surface area (Å²) in [4.78, 5) is 32.1. The van der Waals surface area contributed by atoms with Crippen LogP contribution in [0.5, 0.6) is 0 Å². The molecule has 0 spiro atoms. The number of nitrogens with zero attached hydrogens (tertiary/aromatic N) is 3. The Bertz CT molecular complexity index is 1020. The lowest BCUT2D eigenvalue weighted by atomic mass is 10.1. The van der Waals surface area contributed by atoms with Crippen LogP contribution in [-0.2, 0) is 13.6 Å². The maximum absolute atomic E-state index is 12.3. The van der Waals surface area contributed by atoms with Crippen LogP contribution in [-0.4, -0.2) is 31.5 Å². The van der Waals surface area contributed by atoms with E-state index in [0.29, 0.717) is 29.6 Å². The normalized spacial score (nSPS) is 12.1. The van der Waals surface area contributed by atoms with E-state index in [-0.39, 0.29) is 18.9 Å². The first-order chi connectivity index (χ1) is 12.5. The first kappa shape index (κ1) is 18.1. The van der Waals surface area contributed by atoms with E-state index in [1.165, 1.54) is 12.1 Å². The van der Waals surface area contributed by atoms with Gasteiger partial charge in [-0.15, -0.1) is 0 Å². The van der Waals surface area contributed by atoms with E-state index in [1.54, 1.807) is 22.9 Å². The van der Waals surface area contributed by atoms with Crippen molar-refractivity contribution in [2.45, 2.75) is 14.0 Å². The van der Waals surface area contributed by atoms with Crippen LogP contribution < -0.4 is 10.6 Å². The number of carbonyl (C=O) groups is 2. The van der Waals surface area contributed by atoms with E-state index in [2.05, 4.69) is 20.6 Å². The Hall–Kier alpha value is -3.68. The highest BCUT2D eigenvalue weighted by atomic mass is 16.4. The number of carbonyl (C=O) groups excluding carboxylic acids is 1. The highest BCUT2D eigenvalue weighted by Crippen LogP contribution is 2.29. The Kier molecular flexibility index (Phi) is 4.64. The maximum Gasteiger partial charge on any atom is 0.335 e. The van der Waals surface area contributed by atoms with Crippen molar-refractivity contribution in [2.75, 3.05) is 5.32 Å². The minimum absolute atomic E-state index is 0. The van der Waals surface area contributed by atoms with Gasteiger partial charge in [-0.2, -0.15) is 0 Å². The molecule has 2 aromatic heterocycles. The number of carboxylic acids is 1. The number of aryl methyl sites for hydroxylation is 1. The zero-order valence-electron chi connectivity index (χ0n) is 13.9. The molecule has 8 heteroatoms. The molecule has 1 aliphatic heterocycles. The quantitative estimate of drug-likeness (QED) is 0.658. The highest BCUT2D eigenvalue weighted by Gasteiger charge is 2.24. The number of rotatable bonds is 3. The third kappa shape index (κ3) is 3.24. The van der Waals surface area contributed by atoms with Gasteiger partial charge in [-0.1, -0.05) is 7.43 Å². The lowest BCUT2D eigenvalue weighted by molar-refractivity contribution is 0.0696. The summed E-state index contributed by atoms with van der Waals surface area (Å²) in [6, 6.07) is 8.17. The Balaban J connectivity index is 0.00000210. The smallest absolute Gasteiger partial charge is 0.335 e. The molecule has 0 unspecified atom stereocenters. The molecule has 0 saturated heterocycles. The standard InChI is InChI=1S/C18H15N5O3.CH4/c1-23-7-6-13-14-11(8-19-16(24)15(13)23)9-20-18(22-14)21-12-4-2-10(3-5-12)17(25)26;/h2-7,9H,8H2,1H3,(H,19,24)(H,25,26)(H,20,21,22);1H4. The molecule has 0 fully saturated rings. The summed E-state index contributed by atoms with van der Waals surface area (Å²) >= 11 is 0. The second-order valence-electron chi connectivity index (χ2n) is 5.95. The molecule has 0 saturated carbocycles. The van der Waals surface area contributed by atoms with Gasteiger partial charge in [0.1, 0.15) is 5.69 Å². The van der Waals surface area contributed by atoms with E-state index in [0.717, 1.165) is 11.1 Å². The molecule has 1 aromatic carbocycles. The number of fused-ring (bicyclic) bond motifs is 3. The molecule has 138 valence electrons. The summed E-state index contributed by atoms with van der Waals surface area (Å²) in [6.45, 7) is 0.358. The van der Waals surface area contributed by atoms with Crippen LogP contribution in [0.25, 0.3) is 11.3 Å². The zero-order chi connectivity index (χ0) is 18.3. The van der Waals surface area contributed by atoms with Gasteiger partial charge in [0.2, 0.25) is 5.95 Å². The fraction of sp³-hybridized carbons (Fsp3) is 0.158. The summed E-state index contributed by atoms with van der Waals surface area (Å²) in [5.41, 5.74) is 3.71. The average Bonchev–Trinajstić information content (AvgIpc) is 2.95. The number of hydrogen-bond acceptors (Lipinski definition) is 5. The van der Waals surface area contributed by atoms with Gasteiger partial charge in [0.15, 0.2) is 0 Å². The predicted octanol–water partition coefficient (Wildman–Crippen LogP) is 2.80. The molecule has 8 nitrogen and oxygen atoms in total. The number of aromatic nitrogens is 3. The number of carboxylic acid groups (broad SMARTS) is 1. The van der Waals surface area contributed by atoms with Gasteiger partial charge in [0.25, 0.3) is 5.91 Å². The third-order valence-corrected chi connectivity index (χ3v) is 4.23. The number of benzene rings is 1. The fourth-order valence-corrected chi connectivity index (χ4v) is 2.92. The van der Waals surface area contributed by atoms with Crippen molar-refractivity contribution in [1.82, 2.24) is 19.9 Å². The molecule has 0 radical (unpaired) electrons. The van der Waals surface area contributed by atoms with Gasteiger partial charge >= 0.3 is 5.97 Å². The first-order valence-corrected chi connectivity index (χ1v) is 7.93. The molecule has 27 heavy (non-hydrogen) atoms. The number of hydrogen-bond donors (Lipinski definition) is 3. The minimum Gasteiger partial charge on any atom is -0.478 e. The van der Waals surface area contributed by atoms with Gasteiger partial charge in [0.05, 0.1) is 11.3 Å². The molecule has 0 bridgehead atoms. The van der Waals surface area contributed by atoms with Crippen molar-refractivity contribution in [1.29, 1.82) is 0 Å². The van der Waals surface area contributed by atoms with E-state index in [1.807, 2.05) is 19.3 Å². The molecule has 1 amide bonds. The maximum atomic E-state index is 12.3. The van der Waals surface area contributed by atoms with Crippen molar-refractivity contribution in [3.8, 4) is 11.3 Å². The van der Waals surface area contributed by atoms with Gasteiger partial charge in [-0.3, -0.25) is 4.79 Å². The first-order valence-electron chi connectivity index (χ1n) is 7.93. The fourth-order valence-electron chi connectivity index (χ4n) is 2.92. The van der Waals surface area contributed by atoms with Crippen molar-refractivity contribution < 1.29 is 14.7 Å². The Morgan fingerprint density at radius 2 is 2.00 bits per heavy atom. The molecule has 3 N–H and O–H groups in total. The molecule has 3 heterocycles. The van der Waals surface area contributed by atoms with Gasteiger partial charge in [-0.25, -0.2) is 14.8 Å². The van der Waals surface area contributed by atoms with Gasteiger partial charge < -0.3 is 20.3 Å². The Labute approximate surface area is 155 Å². The Morgan fingerprint density at radius 3 is 2.70 bits per heavy atom. The van der Waals surface area contributed by atoms with E-state index in [4.69, 9.17) is 5.11 Å². The topological polar surface area (TPSA) is 109 Å². The lowest BCUT2D eigenvalue weighted by Gasteiger charge is -2.09. The van der Waals surface area contributed by atoms with E-state index < -0.39 is 5.97 Å². The third-order valence-electron chi connectivity index (χ3n) is 4.23. The largest absolute Gasteiger partial charge is 0.478 e. The summed E-state index contributed by atoms with van der Waals surface area (Å²) in [6.07, 6.45) is 3.50. The van der Waals surface area contributed by atoms with Crippen molar-refractivity contribution in [2.24, 2.45) is 7.05 Å². The SMILES string of the molecule is C.Cn1ccc2c1C(=O)NCc1cnc(Nc3ccc(C(=O)O)cc3)nc1-2. The number of nitrogens with one attached hydrogen (secondary N) is 2. The van der Waals surface area contributed by atoms with Crippen LogP contribution in [0.2, 0.25) is 0 Å². The van der Waals surface area contributed by atoms with Crippen LogP contribution in [0.15, 0.2) is 42.7 Å². The minimum atomic E-state index is -0.980. The number of amides is 1. The van der Waals surface area contributed by atoms with Crippen LogP contribution in [0.3, 0.4) is 0 Å². The van der Waals surface area contributed by atoms with E-state index >= 15 is 0 Å². The average molecular weight is 365 g/mol. The van der Waals surface area contributed by atoms with Gasteiger partial charge in [-0.05, 0) is 30.3 Å². The van der Waals surface area contributed by atoms with Crippen LogP contribution >= 0.6 is 0 Å². The van der Waals surface area contributed by atoms with Crippen molar-refractivity contribution in [3.63, 3.8) is 0 Å². The zero-order valence-corrected chi connectivity index (χ0v) is 13.9. The lowest BCUT2D eigenvalue weighted by Crippen LogP contribution is -2.23. The van der Waals surface area contributed by atoms with Gasteiger partial charge in [0, 0.05) is 42.8 Å². The second-order valence-corrected chi connectivity index (χ2v) is 5.95. The summed E-state index contributed by atoms with van der Waals surface area (Å²) < 4.78 is 1.76. The summed E-state index contributed by atoms with van der Waals surface area (Å²) in [5.74, 6) is -0.758. The van der Waals surface area contributed by atoms with Crippen LogP contribution in [0.4, 0.5) is 11.6 Å². The molecular formula is C19H19N5O3. The molecule has 0 aliphatic carbocycles. The monoisotopic (exact) mass is 365 g/mol. The van der Waals surface area contributed by atoms with Crippen molar-refractivity contribution >= 4 is 23.5 Å². The van der Waals surface area contributed by atoms with Crippen LogP contribution in [0, 0.1) is 0 Å². The number of anilines is 2. The van der Waals surface area contributed by atoms with Crippen molar-refractivity contribution in [3.05, 3.63) is 59.5 Å². The molecule has 0 atom stereocenters. The highest BCUT2D eigenvalue weighted by molar-refractivity contribution is 6.00. The molecular weight excluding hydrogens is 346 g/mol. The predicted molar refractivity (Wildman–Crippen MR) is 101 cm³/mol. The molecule has 3 aromatic rings. The number of aromatic carboxylic acids is 1. The second kappa shape index (κ2) is 6.91. The molecule has 1 aliphatic rings. The van der Waals surface area contributed by atoms with Crippen LogP contribution in [0.1, 0.15) is 33.8 Å². The molecule has 4 rings (SSSR count).